The number of rotatable bonds is 5. The number of halogens is 1. The first-order valence-corrected chi connectivity index (χ1v) is 10.0. The molecule has 0 radical (unpaired) electrons. The van der Waals surface area contributed by atoms with Gasteiger partial charge in [0.15, 0.2) is 0 Å². The first-order valence-electron chi connectivity index (χ1n) is 10.0. The average Bonchev–Trinajstić information content (AvgIpc) is 2.74. The first kappa shape index (κ1) is 20.2. The molecule has 3 N–H and O–H groups in total. The highest BCUT2D eigenvalue weighted by molar-refractivity contribution is 6.04. The van der Waals surface area contributed by atoms with Crippen molar-refractivity contribution in [1.82, 2.24) is 4.90 Å². The van der Waals surface area contributed by atoms with E-state index in [1.807, 2.05) is 30.3 Å². The van der Waals surface area contributed by atoms with E-state index in [4.69, 9.17) is 15.2 Å². The summed E-state index contributed by atoms with van der Waals surface area (Å²) in [5, 5.41) is 3.31. The van der Waals surface area contributed by atoms with Crippen molar-refractivity contribution < 1.29 is 18.7 Å². The Labute approximate surface area is 174 Å². The van der Waals surface area contributed by atoms with Gasteiger partial charge in [-0.15, -0.1) is 0 Å². The fourth-order valence-electron chi connectivity index (χ4n) is 3.79. The van der Waals surface area contributed by atoms with Crippen LogP contribution in [0.1, 0.15) is 24.0 Å². The minimum absolute atomic E-state index is 0.188. The molecular weight excluding hydrogens is 387 g/mol. The molecule has 2 aromatic carbocycles. The van der Waals surface area contributed by atoms with Crippen LogP contribution >= 0.6 is 0 Å². The number of nitrogens with zero attached hydrogens (tertiary/aromatic N) is 2. The molecule has 0 aliphatic carbocycles. The zero-order valence-electron chi connectivity index (χ0n) is 16.6. The van der Waals surface area contributed by atoms with Gasteiger partial charge in [-0.1, -0.05) is 36.4 Å². The lowest BCUT2D eigenvalue weighted by Gasteiger charge is -2.42. The molecule has 1 fully saturated rings. The number of likely N-dealkylation sites (tertiary alicyclic amines) is 1. The molecule has 2 aromatic rings. The van der Waals surface area contributed by atoms with Gasteiger partial charge in [0.1, 0.15) is 23.9 Å². The van der Waals surface area contributed by atoms with Crippen molar-refractivity contribution in [1.29, 1.82) is 0 Å². The lowest BCUT2D eigenvalue weighted by atomic mass is 9.94. The Hall–Kier alpha value is -3.13. The van der Waals surface area contributed by atoms with Gasteiger partial charge in [0.25, 0.3) is 0 Å². The number of carbonyl (C=O) groups is 1. The van der Waals surface area contributed by atoms with E-state index in [9.17, 15) is 9.18 Å². The highest BCUT2D eigenvalue weighted by Gasteiger charge is 2.39. The van der Waals surface area contributed by atoms with Crippen molar-refractivity contribution in [3.8, 4) is 0 Å². The average molecular weight is 412 g/mol. The SMILES string of the molecule is NC1=NC2(CCN(C(=O)OCCOCc3ccccc3)CC2)Nc2cccc(F)c21. The lowest BCUT2D eigenvalue weighted by Crippen LogP contribution is -2.52. The van der Waals surface area contributed by atoms with Gasteiger partial charge in [-0.25, -0.2) is 14.2 Å². The fraction of sp³-hybridized carbons (Fsp3) is 0.364. The molecule has 7 nitrogen and oxygen atoms in total. The van der Waals surface area contributed by atoms with E-state index >= 15 is 0 Å². The molecule has 0 atom stereocenters. The van der Waals surface area contributed by atoms with E-state index in [0.717, 1.165) is 5.56 Å². The van der Waals surface area contributed by atoms with Crippen LogP contribution in [0.3, 0.4) is 0 Å². The number of nitrogens with one attached hydrogen (secondary N) is 1. The van der Waals surface area contributed by atoms with Crippen LogP contribution in [-0.2, 0) is 16.1 Å². The molecule has 4 rings (SSSR count). The van der Waals surface area contributed by atoms with Crippen molar-refractivity contribution in [3.05, 3.63) is 65.5 Å². The lowest BCUT2D eigenvalue weighted by molar-refractivity contribution is 0.0432. The van der Waals surface area contributed by atoms with Crippen molar-refractivity contribution >= 4 is 17.6 Å². The Balaban J connectivity index is 1.24. The molecule has 0 bridgehead atoms. The summed E-state index contributed by atoms with van der Waals surface area (Å²) in [6.07, 6.45) is 0.749. The van der Waals surface area contributed by atoms with Crippen LogP contribution < -0.4 is 11.1 Å². The summed E-state index contributed by atoms with van der Waals surface area (Å²) >= 11 is 0. The summed E-state index contributed by atoms with van der Waals surface area (Å²) < 4.78 is 24.9. The number of benzene rings is 2. The Kier molecular flexibility index (Phi) is 5.85. The van der Waals surface area contributed by atoms with Crippen LogP contribution in [0.4, 0.5) is 14.9 Å². The summed E-state index contributed by atoms with van der Waals surface area (Å²) in [6.45, 7) is 1.96. The molecule has 0 aromatic heterocycles. The predicted octanol–water partition coefficient (Wildman–Crippen LogP) is 3.10. The van der Waals surface area contributed by atoms with Crippen molar-refractivity contribution in [2.45, 2.75) is 25.1 Å². The number of fused-ring (bicyclic) bond motifs is 1. The van der Waals surface area contributed by atoms with Crippen LogP contribution in [0.25, 0.3) is 0 Å². The van der Waals surface area contributed by atoms with Crippen molar-refractivity contribution in [3.63, 3.8) is 0 Å². The van der Waals surface area contributed by atoms with Crippen LogP contribution in [0.5, 0.6) is 0 Å². The van der Waals surface area contributed by atoms with Crippen LogP contribution in [0, 0.1) is 5.82 Å². The molecule has 1 saturated heterocycles. The summed E-state index contributed by atoms with van der Waals surface area (Å²) in [7, 11) is 0. The third kappa shape index (κ3) is 4.38. The van der Waals surface area contributed by atoms with Crippen molar-refractivity contribution in [2.75, 3.05) is 31.6 Å². The second kappa shape index (κ2) is 8.71. The summed E-state index contributed by atoms with van der Waals surface area (Å²) in [5.41, 5.74) is 7.42. The zero-order chi connectivity index (χ0) is 21.0. The molecule has 2 aliphatic heterocycles. The maximum atomic E-state index is 14.0. The molecule has 1 spiro atoms. The van der Waals surface area contributed by atoms with E-state index in [-0.39, 0.29) is 18.5 Å². The molecule has 8 heteroatoms. The second-order valence-electron chi connectivity index (χ2n) is 7.46. The van der Waals surface area contributed by atoms with Gasteiger partial charge in [0.05, 0.1) is 18.8 Å². The fourth-order valence-corrected chi connectivity index (χ4v) is 3.79. The minimum Gasteiger partial charge on any atom is -0.447 e. The van der Waals surface area contributed by atoms with Gasteiger partial charge >= 0.3 is 6.09 Å². The highest BCUT2D eigenvalue weighted by Crippen LogP contribution is 2.35. The number of aliphatic imine (C=N–C) groups is 1. The number of nitrogens with two attached hydrogens (primary N) is 1. The largest absolute Gasteiger partial charge is 0.447 e. The van der Waals surface area contributed by atoms with Gasteiger partial charge in [-0.3, -0.25) is 0 Å². The maximum Gasteiger partial charge on any atom is 0.409 e. The Morgan fingerprint density at radius 3 is 2.67 bits per heavy atom. The molecule has 158 valence electrons. The summed E-state index contributed by atoms with van der Waals surface area (Å²) in [4.78, 5) is 18.5. The normalized spacial score (nSPS) is 17.1. The molecule has 30 heavy (non-hydrogen) atoms. The third-order valence-corrected chi connectivity index (χ3v) is 5.39. The van der Waals surface area contributed by atoms with Gasteiger partial charge in [-0.2, -0.15) is 0 Å². The molecule has 2 aliphatic rings. The monoisotopic (exact) mass is 412 g/mol. The molecule has 0 saturated carbocycles. The maximum absolute atomic E-state index is 14.0. The molecular formula is C22H25FN4O3. The van der Waals surface area contributed by atoms with Gasteiger partial charge in [-0.05, 0) is 17.7 Å². The zero-order valence-corrected chi connectivity index (χ0v) is 16.6. The molecule has 1 amide bonds. The number of amides is 1. The summed E-state index contributed by atoms with van der Waals surface area (Å²) in [6, 6.07) is 14.6. The van der Waals surface area contributed by atoms with Gasteiger partial charge in [0, 0.05) is 31.6 Å². The Morgan fingerprint density at radius 2 is 1.90 bits per heavy atom. The predicted molar refractivity (Wildman–Crippen MR) is 112 cm³/mol. The van der Waals surface area contributed by atoms with E-state index in [1.54, 1.807) is 17.0 Å². The molecule has 2 heterocycles. The number of ether oxygens (including phenoxy) is 2. The third-order valence-electron chi connectivity index (χ3n) is 5.39. The van der Waals surface area contributed by atoms with Crippen LogP contribution in [-0.4, -0.2) is 48.8 Å². The minimum atomic E-state index is -0.625. The first-order chi connectivity index (χ1) is 14.6. The van der Waals surface area contributed by atoms with Crippen molar-refractivity contribution in [2.24, 2.45) is 10.7 Å². The Bertz CT molecular complexity index is 927. The van der Waals surface area contributed by atoms with E-state index in [2.05, 4.69) is 10.3 Å². The standard InChI is InChI=1S/C22H25FN4O3/c23-17-7-4-8-18-19(17)20(24)26-22(25-18)9-11-27(12-10-22)21(28)30-14-13-29-15-16-5-2-1-3-6-16/h1-8,25H,9-15H2,(H2,24,26). The number of hydrogen-bond donors (Lipinski definition) is 2. The van der Waals surface area contributed by atoms with E-state index in [1.165, 1.54) is 6.07 Å². The molecule has 0 unspecified atom stereocenters. The number of carbonyl (C=O) groups excluding carboxylic acids is 1. The topological polar surface area (TPSA) is 89.2 Å². The smallest absolute Gasteiger partial charge is 0.409 e. The van der Waals surface area contributed by atoms with Gasteiger partial charge < -0.3 is 25.4 Å². The number of amidine groups is 1. The highest BCUT2D eigenvalue weighted by atomic mass is 19.1. The number of hydrogen-bond acceptors (Lipinski definition) is 6. The number of piperidine rings is 1. The number of anilines is 1. The summed E-state index contributed by atoms with van der Waals surface area (Å²) in [5.74, 6) is -0.208. The van der Waals surface area contributed by atoms with Crippen LogP contribution in [0.15, 0.2) is 53.5 Å². The van der Waals surface area contributed by atoms with E-state index in [0.29, 0.717) is 50.4 Å². The van der Waals surface area contributed by atoms with Gasteiger partial charge in [0.2, 0.25) is 0 Å². The second-order valence-corrected chi connectivity index (χ2v) is 7.46. The van der Waals surface area contributed by atoms with E-state index < -0.39 is 11.5 Å². The Morgan fingerprint density at radius 1 is 1.13 bits per heavy atom. The van der Waals surface area contributed by atoms with Crippen LogP contribution in [0.2, 0.25) is 0 Å². The quantitative estimate of drug-likeness (QED) is 0.737.